The molecule has 2 aromatic heterocycles. The Balaban J connectivity index is 1.47. The third-order valence-electron chi connectivity index (χ3n) is 4.93. The van der Waals surface area contributed by atoms with Gasteiger partial charge < -0.3 is 19.6 Å². The zero-order valence-corrected chi connectivity index (χ0v) is 16.3. The number of rotatable bonds is 6. The van der Waals surface area contributed by atoms with E-state index < -0.39 is 0 Å². The third-order valence-corrected chi connectivity index (χ3v) is 4.93. The average molecular weight is 372 g/mol. The molecule has 0 bridgehead atoms. The van der Waals surface area contributed by atoms with Gasteiger partial charge in [0, 0.05) is 44.1 Å². The Morgan fingerprint density at radius 1 is 1.48 bits per heavy atom. The van der Waals surface area contributed by atoms with E-state index >= 15 is 0 Å². The number of nitrogens with one attached hydrogen (secondary N) is 1. The molecular weight excluding hydrogens is 344 g/mol. The van der Waals surface area contributed by atoms with Crippen LogP contribution in [0.3, 0.4) is 0 Å². The first-order valence-electron chi connectivity index (χ1n) is 9.49. The van der Waals surface area contributed by atoms with E-state index in [2.05, 4.69) is 39.2 Å². The molecule has 8 heteroatoms. The van der Waals surface area contributed by atoms with E-state index in [1.807, 2.05) is 12.1 Å². The third kappa shape index (κ3) is 5.26. The molecule has 2 aromatic rings. The first-order chi connectivity index (χ1) is 13.0. The highest BCUT2D eigenvalue weighted by Gasteiger charge is 2.22. The Bertz CT molecular complexity index is 733. The monoisotopic (exact) mass is 372 g/mol. The SMILES string of the molecule is CC(C)N1CCC[C@H](CNC(=O)N(C)Cc2nc(-c3cccnc3)no2)C1. The minimum absolute atomic E-state index is 0.127. The van der Waals surface area contributed by atoms with Crippen molar-refractivity contribution in [2.24, 2.45) is 5.92 Å². The number of piperidine rings is 1. The molecule has 1 saturated heterocycles. The van der Waals surface area contributed by atoms with Crippen LogP contribution in [0.15, 0.2) is 29.0 Å². The molecule has 0 saturated carbocycles. The molecule has 0 radical (unpaired) electrons. The van der Waals surface area contributed by atoms with Gasteiger partial charge in [-0.15, -0.1) is 0 Å². The number of hydrogen-bond donors (Lipinski definition) is 1. The maximum absolute atomic E-state index is 12.4. The Morgan fingerprint density at radius 3 is 3.07 bits per heavy atom. The molecule has 0 spiro atoms. The second kappa shape index (κ2) is 8.94. The van der Waals surface area contributed by atoms with E-state index in [1.165, 1.54) is 6.42 Å². The van der Waals surface area contributed by atoms with Gasteiger partial charge in [-0.05, 0) is 51.3 Å². The van der Waals surface area contributed by atoms with Crippen LogP contribution in [0.4, 0.5) is 4.79 Å². The summed E-state index contributed by atoms with van der Waals surface area (Å²) in [6, 6.07) is 4.11. The predicted octanol–water partition coefficient (Wildman–Crippen LogP) is 2.39. The van der Waals surface area contributed by atoms with Crippen LogP contribution in [0, 0.1) is 5.92 Å². The van der Waals surface area contributed by atoms with E-state index in [-0.39, 0.29) is 12.6 Å². The molecule has 2 amide bonds. The minimum atomic E-state index is -0.127. The molecule has 0 unspecified atom stereocenters. The molecule has 1 fully saturated rings. The number of likely N-dealkylation sites (tertiary alicyclic amines) is 1. The van der Waals surface area contributed by atoms with Gasteiger partial charge in [0.1, 0.15) is 6.54 Å². The molecule has 3 heterocycles. The van der Waals surface area contributed by atoms with Gasteiger partial charge in [-0.3, -0.25) is 4.98 Å². The molecule has 1 aliphatic rings. The zero-order valence-electron chi connectivity index (χ0n) is 16.3. The first kappa shape index (κ1) is 19.3. The van der Waals surface area contributed by atoms with Gasteiger partial charge >= 0.3 is 6.03 Å². The molecule has 1 aliphatic heterocycles. The number of amides is 2. The lowest BCUT2D eigenvalue weighted by molar-refractivity contribution is 0.137. The lowest BCUT2D eigenvalue weighted by Gasteiger charge is -2.35. The van der Waals surface area contributed by atoms with E-state index in [0.29, 0.717) is 30.2 Å². The van der Waals surface area contributed by atoms with Crippen molar-refractivity contribution in [1.29, 1.82) is 0 Å². The van der Waals surface area contributed by atoms with Crippen molar-refractivity contribution in [1.82, 2.24) is 30.2 Å². The lowest BCUT2D eigenvalue weighted by Crippen LogP contribution is -2.45. The summed E-state index contributed by atoms with van der Waals surface area (Å²) in [4.78, 5) is 24.8. The maximum Gasteiger partial charge on any atom is 0.317 e. The Labute approximate surface area is 159 Å². The van der Waals surface area contributed by atoms with Crippen molar-refractivity contribution in [3.8, 4) is 11.4 Å². The number of hydrogen-bond acceptors (Lipinski definition) is 6. The van der Waals surface area contributed by atoms with Crippen LogP contribution in [-0.4, -0.2) is 63.7 Å². The average Bonchev–Trinajstić information content (AvgIpc) is 3.15. The number of urea groups is 1. The van der Waals surface area contributed by atoms with Crippen molar-refractivity contribution < 1.29 is 9.32 Å². The number of pyridine rings is 1. The molecule has 0 aromatic carbocycles. The molecule has 3 rings (SSSR count). The standard InChI is InChI=1S/C19H28N6O2/c1-14(2)25-9-5-6-15(12-25)10-21-19(26)24(3)13-17-22-18(23-27-17)16-7-4-8-20-11-16/h4,7-8,11,14-15H,5-6,9-10,12-13H2,1-3H3,(H,21,26)/t15-/m1/s1. The summed E-state index contributed by atoms with van der Waals surface area (Å²) in [5.74, 6) is 1.37. The second-order valence-corrected chi connectivity index (χ2v) is 7.39. The molecule has 1 atom stereocenters. The topological polar surface area (TPSA) is 87.4 Å². The van der Waals surface area contributed by atoms with Gasteiger partial charge in [-0.1, -0.05) is 5.16 Å². The van der Waals surface area contributed by atoms with E-state index in [9.17, 15) is 4.79 Å². The molecule has 27 heavy (non-hydrogen) atoms. The summed E-state index contributed by atoms with van der Waals surface area (Å²) >= 11 is 0. The second-order valence-electron chi connectivity index (χ2n) is 7.39. The quantitative estimate of drug-likeness (QED) is 0.838. The molecular formula is C19H28N6O2. The Hall–Kier alpha value is -2.48. The van der Waals surface area contributed by atoms with Crippen LogP contribution in [0.25, 0.3) is 11.4 Å². The highest BCUT2D eigenvalue weighted by atomic mass is 16.5. The summed E-state index contributed by atoms with van der Waals surface area (Å²) in [7, 11) is 1.73. The minimum Gasteiger partial charge on any atom is -0.338 e. The van der Waals surface area contributed by atoms with Gasteiger partial charge in [0.05, 0.1) is 0 Å². The lowest BCUT2D eigenvalue weighted by atomic mass is 9.97. The Morgan fingerprint density at radius 2 is 2.33 bits per heavy atom. The van der Waals surface area contributed by atoms with Crippen LogP contribution in [0.2, 0.25) is 0 Å². The first-order valence-corrected chi connectivity index (χ1v) is 9.49. The van der Waals surface area contributed by atoms with E-state index in [4.69, 9.17) is 4.52 Å². The number of nitrogens with zero attached hydrogens (tertiary/aromatic N) is 5. The van der Waals surface area contributed by atoms with E-state index in [1.54, 1.807) is 24.3 Å². The highest BCUT2D eigenvalue weighted by molar-refractivity contribution is 5.73. The van der Waals surface area contributed by atoms with Crippen molar-refractivity contribution >= 4 is 6.03 Å². The smallest absolute Gasteiger partial charge is 0.317 e. The van der Waals surface area contributed by atoms with Gasteiger partial charge in [0.2, 0.25) is 11.7 Å². The van der Waals surface area contributed by atoms with Gasteiger partial charge in [-0.2, -0.15) is 4.98 Å². The molecule has 8 nitrogen and oxygen atoms in total. The van der Waals surface area contributed by atoms with Crippen LogP contribution < -0.4 is 5.32 Å². The fourth-order valence-corrected chi connectivity index (χ4v) is 3.31. The fraction of sp³-hybridized carbons (Fsp3) is 0.579. The van der Waals surface area contributed by atoms with Crippen molar-refractivity contribution in [3.05, 3.63) is 30.4 Å². The molecule has 0 aliphatic carbocycles. The number of carbonyl (C=O) groups excluding carboxylic acids is 1. The molecule has 1 N–H and O–H groups in total. The highest BCUT2D eigenvalue weighted by Crippen LogP contribution is 2.18. The van der Waals surface area contributed by atoms with Gasteiger partial charge in [-0.25, -0.2) is 4.79 Å². The van der Waals surface area contributed by atoms with E-state index in [0.717, 1.165) is 25.1 Å². The zero-order chi connectivity index (χ0) is 19.2. The summed E-state index contributed by atoms with van der Waals surface area (Å²) in [5, 5.41) is 6.98. The Kier molecular flexibility index (Phi) is 6.39. The largest absolute Gasteiger partial charge is 0.338 e. The maximum atomic E-state index is 12.4. The predicted molar refractivity (Wildman–Crippen MR) is 102 cm³/mol. The normalized spacial score (nSPS) is 17.9. The van der Waals surface area contributed by atoms with Crippen molar-refractivity contribution in [2.75, 3.05) is 26.7 Å². The van der Waals surface area contributed by atoms with Crippen LogP contribution in [0.5, 0.6) is 0 Å². The number of aromatic nitrogens is 3. The number of carbonyl (C=O) groups is 1. The summed E-state index contributed by atoms with van der Waals surface area (Å²) < 4.78 is 5.26. The summed E-state index contributed by atoms with van der Waals surface area (Å²) in [6.45, 7) is 7.59. The molecule has 146 valence electrons. The van der Waals surface area contributed by atoms with Crippen molar-refractivity contribution in [2.45, 2.75) is 39.3 Å². The fourth-order valence-electron chi connectivity index (χ4n) is 3.31. The van der Waals surface area contributed by atoms with Crippen LogP contribution >= 0.6 is 0 Å². The van der Waals surface area contributed by atoms with Gasteiger partial charge in [0.15, 0.2) is 0 Å². The van der Waals surface area contributed by atoms with Crippen LogP contribution in [-0.2, 0) is 6.54 Å². The summed E-state index contributed by atoms with van der Waals surface area (Å²) in [6.07, 6.45) is 5.71. The summed E-state index contributed by atoms with van der Waals surface area (Å²) in [5.41, 5.74) is 0.784. The van der Waals surface area contributed by atoms with Crippen molar-refractivity contribution in [3.63, 3.8) is 0 Å². The van der Waals surface area contributed by atoms with Gasteiger partial charge in [0.25, 0.3) is 0 Å². The van der Waals surface area contributed by atoms with Crippen LogP contribution in [0.1, 0.15) is 32.6 Å².